The van der Waals surface area contributed by atoms with Crippen molar-refractivity contribution in [1.29, 1.82) is 0 Å². The number of carboxylic acid groups (broad SMARTS) is 1. The molecule has 1 saturated carbocycles. The van der Waals surface area contributed by atoms with Gasteiger partial charge in [-0.1, -0.05) is 0 Å². The molecule has 1 aromatic heterocycles. The van der Waals surface area contributed by atoms with Gasteiger partial charge in [0, 0.05) is 11.5 Å². The van der Waals surface area contributed by atoms with Crippen LogP contribution in [0.4, 0.5) is 4.39 Å². The van der Waals surface area contributed by atoms with Crippen molar-refractivity contribution in [3.63, 3.8) is 0 Å². The molecule has 0 aliphatic heterocycles. The van der Waals surface area contributed by atoms with E-state index in [4.69, 9.17) is 9.52 Å². The average molecular weight is 246 g/mol. The molecule has 2 atom stereocenters. The van der Waals surface area contributed by atoms with Gasteiger partial charge in [0.25, 0.3) is 0 Å². The maximum absolute atomic E-state index is 12.8. The number of benzene rings is 1. The highest BCUT2D eigenvalue weighted by molar-refractivity contribution is 5.75. The van der Waals surface area contributed by atoms with Crippen molar-refractivity contribution < 1.29 is 18.7 Å². The fraction of sp³-hybridized carbons (Fsp3) is 0.214. The summed E-state index contributed by atoms with van der Waals surface area (Å²) in [5.41, 5.74) is 0.787. The topological polar surface area (TPSA) is 50.4 Å². The zero-order chi connectivity index (χ0) is 12.7. The van der Waals surface area contributed by atoms with E-state index < -0.39 is 5.97 Å². The maximum atomic E-state index is 12.8. The predicted molar refractivity (Wildman–Crippen MR) is 62.6 cm³/mol. The van der Waals surface area contributed by atoms with Gasteiger partial charge in [-0.05, 0) is 42.8 Å². The fourth-order valence-electron chi connectivity index (χ4n) is 2.10. The zero-order valence-corrected chi connectivity index (χ0v) is 9.47. The van der Waals surface area contributed by atoms with Crippen molar-refractivity contribution in [1.82, 2.24) is 0 Å². The first-order valence-corrected chi connectivity index (χ1v) is 5.73. The molecule has 1 aromatic carbocycles. The van der Waals surface area contributed by atoms with Crippen LogP contribution in [-0.4, -0.2) is 11.1 Å². The molecule has 1 fully saturated rings. The highest BCUT2D eigenvalue weighted by atomic mass is 19.1. The summed E-state index contributed by atoms with van der Waals surface area (Å²) in [6, 6.07) is 9.61. The monoisotopic (exact) mass is 246 g/mol. The van der Waals surface area contributed by atoms with Crippen molar-refractivity contribution in [3.05, 3.63) is 48.0 Å². The summed E-state index contributed by atoms with van der Waals surface area (Å²) >= 11 is 0. The predicted octanol–water partition coefficient (Wildman–Crippen LogP) is 3.27. The molecule has 0 unspecified atom stereocenters. The van der Waals surface area contributed by atoms with Crippen LogP contribution in [0.3, 0.4) is 0 Å². The van der Waals surface area contributed by atoms with E-state index in [1.807, 2.05) is 0 Å². The molecule has 18 heavy (non-hydrogen) atoms. The lowest BCUT2D eigenvalue weighted by atomic mass is 10.2. The van der Waals surface area contributed by atoms with Gasteiger partial charge in [-0.15, -0.1) is 0 Å². The number of carbonyl (C=O) groups is 1. The van der Waals surface area contributed by atoms with E-state index in [1.165, 1.54) is 12.1 Å². The molecule has 2 aromatic rings. The van der Waals surface area contributed by atoms with Crippen molar-refractivity contribution >= 4 is 5.97 Å². The SMILES string of the molecule is O=C(O)[C@H]1C[C@@H]1c1ccc(-c2ccc(F)cc2)o1. The van der Waals surface area contributed by atoms with Gasteiger partial charge < -0.3 is 9.52 Å². The highest BCUT2D eigenvalue weighted by Gasteiger charge is 2.46. The first-order valence-electron chi connectivity index (χ1n) is 5.73. The van der Waals surface area contributed by atoms with E-state index in [2.05, 4.69) is 0 Å². The van der Waals surface area contributed by atoms with Crippen LogP contribution >= 0.6 is 0 Å². The maximum Gasteiger partial charge on any atom is 0.307 e. The lowest BCUT2D eigenvalue weighted by molar-refractivity contribution is -0.138. The van der Waals surface area contributed by atoms with Crippen LogP contribution in [0.15, 0.2) is 40.8 Å². The standard InChI is InChI=1S/C14H11FO3/c15-9-3-1-8(2-4-9)12-5-6-13(18-12)10-7-11(10)14(16)17/h1-6,10-11H,7H2,(H,16,17)/t10-,11-/m0/s1. The van der Waals surface area contributed by atoms with E-state index in [1.54, 1.807) is 24.3 Å². The van der Waals surface area contributed by atoms with Crippen LogP contribution in [0.5, 0.6) is 0 Å². The van der Waals surface area contributed by atoms with Gasteiger partial charge in [-0.2, -0.15) is 0 Å². The Balaban J connectivity index is 1.82. The van der Waals surface area contributed by atoms with Crippen molar-refractivity contribution in [3.8, 4) is 11.3 Å². The third-order valence-corrected chi connectivity index (χ3v) is 3.23. The van der Waals surface area contributed by atoms with Crippen LogP contribution in [0, 0.1) is 11.7 Å². The molecule has 0 saturated heterocycles. The summed E-state index contributed by atoms with van der Waals surface area (Å²) in [6.07, 6.45) is 0.631. The number of furan rings is 1. The van der Waals surface area contributed by atoms with E-state index in [0.29, 0.717) is 17.9 Å². The first-order chi connectivity index (χ1) is 8.65. The molecular weight excluding hydrogens is 235 g/mol. The largest absolute Gasteiger partial charge is 0.481 e. The second-order valence-electron chi connectivity index (χ2n) is 4.50. The molecule has 4 heteroatoms. The van der Waals surface area contributed by atoms with E-state index in [9.17, 15) is 9.18 Å². The van der Waals surface area contributed by atoms with Crippen LogP contribution in [-0.2, 0) is 4.79 Å². The Bertz CT molecular complexity index is 585. The minimum atomic E-state index is -0.778. The molecule has 3 nitrogen and oxygen atoms in total. The summed E-state index contributed by atoms with van der Waals surface area (Å²) in [5.74, 6) is -0.0740. The molecule has 92 valence electrons. The van der Waals surface area contributed by atoms with E-state index in [0.717, 1.165) is 5.56 Å². The summed E-state index contributed by atoms with van der Waals surface area (Å²) in [7, 11) is 0. The number of carboxylic acids is 1. The molecule has 0 radical (unpaired) electrons. The fourth-order valence-corrected chi connectivity index (χ4v) is 2.10. The van der Waals surface area contributed by atoms with Gasteiger partial charge in [0.2, 0.25) is 0 Å². The molecule has 0 bridgehead atoms. The molecule has 1 aliphatic rings. The van der Waals surface area contributed by atoms with Gasteiger partial charge in [-0.3, -0.25) is 4.79 Å². The Morgan fingerprint density at radius 1 is 1.22 bits per heavy atom. The first kappa shape index (κ1) is 11.0. The number of aliphatic carboxylic acids is 1. The summed E-state index contributed by atoms with van der Waals surface area (Å²) in [5, 5.41) is 8.86. The minimum Gasteiger partial charge on any atom is -0.481 e. The number of halogens is 1. The molecule has 1 N–H and O–H groups in total. The Morgan fingerprint density at radius 3 is 2.56 bits per heavy atom. The summed E-state index contributed by atoms with van der Waals surface area (Å²) in [4.78, 5) is 10.8. The molecule has 1 aliphatic carbocycles. The van der Waals surface area contributed by atoms with Gasteiger partial charge in [0.05, 0.1) is 5.92 Å². The number of hydrogen-bond acceptors (Lipinski definition) is 2. The van der Waals surface area contributed by atoms with Gasteiger partial charge in [0.1, 0.15) is 17.3 Å². The Labute approximate surface area is 103 Å². The number of rotatable bonds is 3. The van der Waals surface area contributed by atoms with E-state index >= 15 is 0 Å². The second kappa shape index (κ2) is 3.98. The lowest BCUT2D eigenvalue weighted by Gasteiger charge is -1.97. The molecule has 1 heterocycles. The Morgan fingerprint density at radius 2 is 1.94 bits per heavy atom. The van der Waals surface area contributed by atoms with Gasteiger partial charge in [0.15, 0.2) is 0 Å². The van der Waals surface area contributed by atoms with Crippen molar-refractivity contribution in [2.45, 2.75) is 12.3 Å². The minimum absolute atomic E-state index is 0.0169. The quantitative estimate of drug-likeness (QED) is 0.904. The van der Waals surface area contributed by atoms with E-state index in [-0.39, 0.29) is 17.7 Å². The van der Waals surface area contributed by atoms with Gasteiger partial charge >= 0.3 is 5.97 Å². The third-order valence-electron chi connectivity index (χ3n) is 3.23. The highest BCUT2D eigenvalue weighted by Crippen LogP contribution is 2.48. The third kappa shape index (κ3) is 1.90. The van der Waals surface area contributed by atoms with Crippen molar-refractivity contribution in [2.24, 2.45) is 5.92 Å². The second-order valence-corrected chi connectivity index (χ2v) is 4.50. The van der Waals surface area contributed by atoms with Crippen LogP contribution in [0.2, 0.25) is 0 Å². The summed E-state index contributed by atoms with van der Waals surface area (Å²) in [6.45, 7) is 0. The number of hydrogen-bond donors (Lipinski definition) is 1. The van der Waals surface area contributed by atoms with Crippen LogP contribution < -0.4 is 0 Å². The normalized spacial score (nSPS) is 21.8. The van der Waals surface area contributed by atoms with Crippen LogP contribution in [0.25, 0.3) is 11.3 Å². The lowest BCUT2D eigenvalue weighted by Crippen LogP contribution is -1.98. The van der Waals surface area contributed by atoms with Gasteiger partial charge in [-0.25, -0.2) is 4.39 Å². The Hall–Kier alpha value is -2.10. The zero-order valence-electron chi connectivity index (χ0n) is 9.47. The molecule has 0 amide bonds. The average Bonchev–Trinajstić information content (AvgIpc) is 3.02. The smallest absolute Gasteiger partial charge is 0.307 e. The molecule has 3 rings (SSSR count). The van der Waals surface area contributed by atoms with Crippen molar-refractivity contribution in [2.75, 3.05) is 0 Å². The Kier molecular flexibility index (Phi) is 2.44. The summed E-state index contributed by atoms with van der Waals surface area (Å²) < 4.78 is 18.4. The molecule has 0 spiro atoms. The van der Waals surface area contributed by atoms with Crippen LogP contribution in [0.1, 0.15) is 18.1 Å². The molecular formula is C14H11FO3.